The summed E-state index contributed by atoms with van der Waals surface area (Å²) in [4.78, 5) is 10.8. The van der Waals surface area contributed by atoms with Gasteiger partial charge in [-0.2, -0.15) is 0 Å². The molecule has 76 valence electrons. The van der Waals surface area contributed by atoms with Gasteiger partial charge < -0.3 is 4.74 Å². The summed E-state index contributed by atoms with van der Waals surface area (Å²) in [6.07, 6.45) is 14.8. The summed E-state index contributed by atoms with van der Waals surface area (Å²) < 4.78 is 5.17. The molecule has 2 heteroatoms. The van der Waals surface area contributed by atoms with Crippen molar-refractivity contribution in [2.75, 3.05) is 0 Å². The summed E-state index contributed by atoms with van der Waals surface area (Å²) in [5, 5.41) is 0. The highest BCUT2D eigenvalue weighted by molar-refractivity contribution is 5.66. The third-order valence-electron chi connectivity index (χ3n) is 1.99. The van der Waals surface area contributed by atoms with Crippen molar-refractivity contribution < 1.29 is 9.53 Å². The lowest BCUT2D eigenvalue weighted by molar-refractivity contribution is -0.146. The SMILES string of the molecule is CC(=O)OC1C\C=C/C=C\C=C\CC1. The number of ether oxygens (including phenoxy) is 1. The van der Waals surface area contributed by atoms with Crippen molar-refractivity contribution in [3.05, 3.63) is 36.5 Å². The number of carbonyl (C=O) groups is 1. The van der Waals surface area contributed by atoms with Gasteiger partial charge in [0.15, 0.2) is 0 Å². The number of hydrogen-bond acceptors (Lipinski definition) is 2. The Morgan fingerprint density at radius 2 is 1.93 bits per heavy atom. The average molecular weight is 192 g/mol. The van der Waals surface area contributed by atoms with E-state index in [0.29, 0.717) is 0 Å². The second kappa shape index (κ2) is 6.19. The lowest BCUT2D eigenvalue weighted by Gasteiger charge is -2.14. The molecule has 0 saturated heterocycles. The smallest absolute Gasteiger partial charge is 0.302 e. The van der Waals surface area contributed by atoms with Crippen LogP contribution in [-0.4, -0.2) is 12.1 Å². The normalized spacial score (nSPS) is 28.8. The Balaban J connectivity index is 2.50. The van der Waals surface area contributed by atoms with Crippen molar-refractivity contribution in [2.24, 2.45) is 0 Å². The minimum Gasteiger partial charge on any atom is -0.462 e. The molecule has 0 aromatic heterocycles. The standard InChI is InChI=1S/C12H16O2/c1-11(13)14-12-9-7-5-3-2-4-6-8-10-12/h2-7,12H,8-10H2,1H3/b3-2-,6-4+,7-5-. The number of esters is 1. The van der Waals surface area contributed by atoms with E-state index in [-0.39, 0.29) is 12.1 Å². The molecule has 0 spiro atoms. The van der Waals surface area contributed by atoms with Gasteiger partial charge in [-0.1, -0.05) is 36.5 Å². The molecule has 0 aromatic rings. The van der Waals surface area contributed by atoms with E-state index < -0.39 is 0 Å². The Labute approximate surface area is 85.0 Å². The predicted octanol–water partition coefficient (Wildman–Crippen LogP) is 2.77. The summed E-state index contributed by atoms with van der Waals surface area (Å²) in [6.45, 7) is 1.46. The van der Waals surface area contributed by atoms with Crippen LogP contribution in [0.15, 0.2) is 36.5 Å². The molecule has 0 fully saturated rings. The maximum atomic E-state index is 10.8. The molecule has 0 bridgehead atoms. The highest BCUT2D eigenvalue weighted by Crippen LogP contribution is 2.10. The molecule has 0 radical (unpaired) electrons. The van der Waals surface area contributed by atoms with Crippen molar-refractivity contribution in [3.63, 3.8) is 0 Å². The van der Waals surface area contributed by atoms with Gasteiger partial charge in [0.1, 0.15) is 6.10 Å². The molecule has 2 nitrogen and oxygen atoms in total. The van der Waals surface area contributed by atoms with Crippen LogP contribution >= 0.6 is 0 Å². The van der Waals surface area contributed by atoms with E-state index in [1.54, 1.807) is 0 Å². The summed E-state index contributed by atoms with van der Waals surface area (Å²) in [7, 11) is 0. The van der Waals surface area contributed by atoms with Gasteiger partial charge in [-0.15, -0.1) is 0 Å². The van der Waals surface area contributed by atoms with Crippen LogP contribution in [0.4, 0.5) is 0 Å². The Hall–Kier alpha value is -1.31. The topological polar surface area (TPSA) is 26.3 Å². The largest absolute Gasteiger partial charge is 0.462 e. The van der Waals surface area contributed by atoms with Gasteiger partial charge in [0.05, 0.1) is 0 Å². The first-order chi connectivity index (χ1) is 6.79. The molecule has 1 atom stereocenters. The van der Waals surface area contributed by atoms with E-state index in [0.717, 1.165) is 19.3 Å². The number of allylic oxidation sites excluding steroid dienone is 5. The molecule has 1 rings (SSSR count). The highest BCUT2D eigenvalue weighted by Gasteiger charge is 2.08. The summed E-state index contributed by atoms with van der Waals surface area (Å²) in [5.74, 6) is -0.194. The number of rotatable bonds is 1. The van der Waals surface area contributed by atoms with E-state index >= 15 is 0 Å². The first-order valence-corrected chi connectivity index (χ1v) is 4.94. The van der Waals surface area contributed by atoms with Gasteiger partial charge in [-0.25, -0.2) is 0 Å². The molecule has 0 saturated carbocycles. The molecule has 0 aromatic carbocycles. The van der Waals surface area contributed by atoms with Gasteiger partial charge in [0, 0.05) is 13.3 Å². The monoisotopic (exact) mass is 192 g/mol. The minimum absolute atomic E-state index is 0.0277. The summed E-state index contributed by atoms with van der Waals surface area (Å²) in [5.41, 5.74) is 0. The van der Waals surface area contributed by atoms with E-state index in [9.17, 15) is 4.79 Å². The van der Waals surface area contributed by atoms with Crippen LogP contribution in [0.1, 0.15) is 26.2 Å². The van der Waals surface area contributed by atoms with Crippen LogP contribution in [0.2, 0.25) is 0 Å². The van der Waals surface area contributed by atoms with E-state index in [2.05, 4.69) is 6.08 Å². The lowest BCUT2D eigenvalue weighted by atomic mass is 10.1. The fourth-order valence-corrected chi connectivity index (χ4v) is 1.35. The van der Waals surface area contributed by atoms with E-state index in [1.807, 2.05) is 30.4 Å². The number of hydrogen-bond donors (Lipinski definition) is 0. The molecule has 0 heterocycles. The molecule has 0 aliphatic heterocycles. The maximum Gasteiger partial charge on any atom is 0.302 e. The van der Waals surface area contributed by atoms with Crippen LogP contribution in [0.3, 0.4) is 0 Å². The fraction of sp³-hybridized carbons (Fsp3) is 0.417. The van der Waals surface area contributed by atoms with Crippen LogP contribution in [0.25, 0.3) is 0 Å². The first kappa shape index (κ1) is 10.8. The summed E-state index contributed by atoms with van der Waals surface area (Å²) >= 11 is 0. The molecule has 0 amide bonds. The van der Waals surface area contributed by atoms with Gasteiger partial charge >= 0.3 is 5.97 Å². The van der Waals surface area contributed by atoms with Gasteiger partial charge in [-0.05, 0) is 12.8 Å². The molecule has 1 unspecified atom stereocenters. The highest BCUT2D eigenvalue weighted by atomic mass is 16.5. The number of carbonyl (C=O) groups excluding carboxylic acids is 1. The van der Waals surface area contributed by atoms with Gasteiger partial charge in [0.25, 0.3) is 0 Å². The van der Waals surface area contributed by atoms with Gasteiger partial charge in [-0.3, -0.25) is 4.79 Å². The third-order valence-corrected chi connectivity index (χ3v) is 1.99. The van der Waals surface area contributed by atoms with E-state index in [4.69, 9.17) is 4.74 Å². The van der Waals surface area contributed by atoms with Crippen molar-refractivity contribution in [1.82, 2.24) is 0 Å². The fourth-order valence-electron chi connectivity index (χ4n) is 1.35. The van der Waals surface area contributed by atoms with Crippen LogP contribution in [-0.2, 0) is 9.53 Å². The lowest BCUT2D eigenvalue weighted by Crippen LogP contribution is -2.15. The van der Waals surface area contributed by atoms with Crippen molar-refractivity contribution in [3.8, 4) is 0 Å². The third kappa shape index (κ3) is 4.65. The first-order valence-electron chi connectivity index (χ1n) is 4.94. The maximum absolute atomic E-state index is 10.8. The second-order valence-electron chi connectivity index (χ2n) is 3.29. The predicted molar refractivity (Wildman–Crippen MR) is 56.8 cm³/mol. The average Bonchev–Trinajstić information content (AvgIpc) is 2.15. The molecular formula is C12H16O2. The molecule has 0 N–H and O–H groups in total. The Morgan fingerprint density at radius 1 is 1.21 bits per heavy atom. The molecule has 1 aliphatic carbocycles. The molecular weight excluding hydrogens is 176 g/mol. The zero-order valence-corrected chi connectivity index (χ0v) is 8.48. The van der Waals surface area contributed by atoms with Crippen LogP contribution < -0.4 is 0 Å². The second-order valence-corrected chi connectivity index (χ2v) is 3.29. The molecule has 14 heavy (non-hydrogen) atoms. The Bertz CT molecular complexity index is 261. The summed E-state index contributed by atoms with van der Waals surface area (Å²) in [6, 6.07) is 0. The zero-order chi connectivity index (χ0) is 10.2. The van der Waals surface area contributed by atoms with Crippen LogP contribution in [0, 0.1) is 0 Å². The van der Waals surface area contributed by atoms with Crippen molar-refractivity contribution in [2.45, 2.75) is 32.3 Å². The van der Waals surface area contributed by atoms with Crippen molar-refractivity contribution in [1.29, 1.82) is 0 Å². The molecule has 1 aliphatic rings. The quantitative estimate of drug-likeness (QED) is 0.597. The zero-order valence-electron chi connectivity index (χ0n) is 8.48. The van der Waals surface area contributed by atoms with Gasteiger partial charge in [0.2, 0.25) is 0 Å². The van der Waals surface area contributed by atoms with Crippen LogP contribution in [0.5, 0.6) is 0 Å². The Kier molecular flexibility index (Phi) is 4.76. The minimum atomic E-state index is -0.194. The van der Waals surface area contributed by atoms with E-state index in [1.165, 1.54) is 6.92 Å². The van der Waals surface area contributed by atoms with Crippen molar-refractivity contribution >= 4 is 5.97 Å². The Morgan fingerprint density at radius 3 is 2.64 bits per heavy atom.